The first kappa shape index (κ1) is 12.1. The maximum absolute atomic E-state index is 11.2. The van der Waals surface area contributed by atoms with E-state index in [1.165, 1.54) is 27.4 Å². The van der Waals surface area contributed by atoms with Gasteiger partial charge in [-0.15, -0.1) is 0 Å². The molecule has 1 heterocycles. The summed E-state index contributed by atoms with van der Waals surface area (Å²) in [4.78, 5) is 11.2. The third-order valence-electron chi connectivity index (χ3n) is 2.51. The second-order valence-corrected chi connectivity index (χ2v) is 3.63. The Kier molecular flexibility index (Phi) is 3.01. The number of furan rings is 1. The van der Waals surface area contributed by atoms with E-state index in [9.17, 15) is 9.90 Å². The van der Waals surface area contributed by atoms with E-state index in [2.05, 4.69) is 5.32 Å². The maximum Gasteiger partial charge on any atom is 0.221 e. The highest BCUT2D eigenvalue weighted by Gasteiger charge is 2.23. The van der Waals surface area contributed by atoms with Crippen molar-refractivity contribution in [1.82, 2.24) is 0 Å². The van der Waals surface area contributed by atoms with Crippen molar-refractivity contribution in [2.75, 3.05) is 19.5 Å². The summed E-state index contributed by atoms with van der Waals surface area (Å²) in [5, 5.41) is 13.1. The summed E-state index contributed by atoms with van der Waals surface area (Å²) in [6.07, 6.45) is 1.42. The topological polar surface area (TPSA) is 80.9 Å². The number of aromatic hydroxyl groups is 1. The number of phenols is 1. The number of nitrogens with one attached hydrogen (secondary N) is 1. The quantitative estimate of drug-likeness (QED) is 0.816. The average Bonchev–Trinajstić information content (AvgIpc) is 2.80. The third kappa shape index (κ3) is 1.71. The monoisotopic (exact) mass is 251 g/mol. The lowest BCUT2D eigenvalue weighted by atomic mass is 10.1. The molecule has 0 saturated carbocycles. The van der Waals surface area contributed by atoms with E-state index in [1.54, 1.807) is 6.07 Å². The zero-order chi connectivity index (χ0) is 13.3. The van der Waals surface area contributed by atoms with Crippen molar-refractivity contribution in [3.05, 3.63) is 12.3 Å². The largest absolute Gasteiger partial charge is 0.505 e. The van der Waals surface area contributed by atoms with Gasteiger partial charge in [-0.1, -0.05) is 0 Å². The molecule has 1 aromatic carbocycles. The Morgan fingerprint density at radius 3 is 2.56 bits per heavy atom. The van der Waals surface area contributed by atoms with E-state index in [0.29, 0.717) is 16.7 Å². The number of rotatable bonds is 3. The van der Waals surface area contributed by atoms with Gasteiger partial charge in [0.25, 0.3) is 0 Å². The molecule has 6 heteroatoms. The molecule has 0 aliphatic heterocycles. The summed E-state index contributed by atoms with van der Waals surface area (Å²) in [5.74, 6) is 0.0896. The van der Waals surface area contributed by atoms with Gasteiger partial charge in [-0.3, -0.25) is 4.79 Å². The third-order valence-corrected chi connectivity index (χ3v) is 2.51. The summed E-state index contributed by atoms with van der Waals surface area (Å²) < 4.78 is 15.6. The molecular formula is C12H13NO5. The summed E-state index contributed by atoms with van der Waals surface area (Å²) in [6.45, 7) is 1.34. The van der Waals surface area contributed by atoms with Crippen LogP contribution < -0.4 is 14.8 Å². The summed E-state index contributed by atoms with van der Waals surface area (Å²) >= 11 is 0. The van der Waals surface area contributed by atoms with Gasteiger partial charge in [0.15, 0.2) is 17.1 Å². The molecule has 0 radical (unpaired) electrons. The van der Waals surface area contributed by atoms with Crippen molar-refractivity contribution in [3.63, 3.8) is 0 Å². The number of carbonyl (C=O) groups is 1. The number of carbonyl (C=O) groups excluding carboxylic acids is 1. The van der Waals surface area contributed by atoms with Crippen LogP contribution in [0.3, 0.4) is 0 Å². The fourth-order valence-corrected chi connectivity index (χ4v) is 1.80. The van der Waals surface area contributed by atoms with Gasteiger partial charge in [-0.25, -0.2) is 0 Å². The number of anilines is 1. The van der Waals surface area contributed by atoms with Gasteiger partial charge in [0, 0.05) is 6.92 Å². The number of phenolic OH excluding ortho intramolecular Hbond substituents is 1. The lowest BCUT2D eigenvalue weighted by Crippen LogP contribution is -2.08. The van der Waals surface area contributed by atoms with Crippen molar-refractivity contribution in [1.29, 1.82) is 0 Å². The van der Waals surface area contributed by atoms with Crippen LogP contribution in [0.1, 0.15) is 6.92 Å². The van der Waals surface area contributed by atoms with Crippen LogP contribution in [0.15, 0.2) is 16.7 Å². The molecule has 18 heavy (non-hydrogen) atoms. The van der Waals surface area contributed by atoms with Gasteiger partial charge in [-0.05, 0) is 6.07 Å². The van der Waals surface area contributed by atoms with Crippen molar-refractivity contribution in [2.24, 2.45) is 0 Å². The highest BCUT2D eigenvalue weighted by atomic mass is 16.5. The predicted octanol–water partition coefficient (Wildman–Crippen LogP) is 2.11. The maximum atomic E-state index is 11.2. The minimum Gasteiger partial charge on any atom is -0.505 e. The van der Waals surface area contributed by atoms with Gasteiger partial charge in [-0.2, -0.15) is 0 Å². The fourth-order valence-electron chi connectivity index (χ4n) is 1.80. The lowest BCUT2D eigenvalue weighted by Gasteiger charge is -2.15. The molecule has 0 bridgehead atoms. The smallest absolute Gasteiger partial charge is 0.221 e. The van der Waals surface area contributed by atoms with Crippen molar-refractivity contribution in [3.8, 4) is 17.2 Å². The molecule has 2 N–H and O–H groups in total. The summed E-state index contributed by atoms with van der Waals surface area (Å²) in [7, 11) is 2.87. The van der Waals surface area contributed by atoms with Gasteiger partial charge in [0.1, 0.15) is 5.69 Å². The van der Waals surface area contributed by atoms with Crippen LogP contribution in [0, 0.1) is 0 Å². The summed E-state index contributed by atoms with van der Waals surface area (Å²) in [6, 6.07) is 1.58. The Hall–Kier alpha value is -2.37. The Morgan fingerprint density at radius 1 is 1.33 bits per heavy atom. The molecule has 6 nitrogen and oxygen atoms in total. The first-order chi connectivity index (χ1) is 8.60. The number of hydrogen-bond acceptors (Lipinski definition) is 5. The van der Waals surface area contributed by atoms with E-state index in [0.717, 1.165) is 0 Å². The fraction of sp³-hybridized carbons (Fsp3) is 0.250. The Labute approximate surface area is 103 Å². The van der Waals surface area contributed by atoms with E-state index in [-0.39, 0.29) is 23.1 Å². The van der Waals surface area contributed by atoms with Crippen LogP contribution in [-0.2, 0) is 4.79 Å². The minimum absolute atomic E-state index is 0.119. The molecule has 0 atom stereocenters. The average molecular weight is 251 g/mol. The molecule has 1 amide bonds. The molecule has 0 aliphatic carbocycles. The molecule has 0 aliphatic rings. The van der Waals surface area contributed by atoms with E-state index in [4.69, 9.17) is 13.9 Å². The number of methoxy groups -OCH3 is 2. The minimum atomic E-state index is -0.325. The molecule has 0 spiro atoms. The van der Waals surface area contributed by atoms with Crippen molar-refractivity contribution >= 4 is 22.6 Å². The number of benzene rings is 1. The molecule has 2 rings (SSSR count). The predicted molar refractivity (Wildman–Crippen MR) is 65.3 cm³/mol. The molecule has 96 valence electrons. The van der Waals surface area contributed by atoms with Crippen LogP contribution >= 0.6 is 0 Å². The van der Waals surface area contributed by atoms with Crippen molar-refractivity contribution < 1.29 is 23.8 Å². The zero-order valence-corrected chi connectivity index (χ0v) is 10.2. The number of hydrogen-bond donors (Lipinski definition) is 2. The van der Waals surface area contributed by atoms with Crippen LogP contribution in [0.4, 0.5) is 5.69 Å². The number of fused-ring (bicyclic) bond motifs is 1. The van der Waals surface area contributed by atoms with E-state index >= 15 is 0 Å². The van der Waals surface area contributed by atoms with Gasteiger partial charge in [0.05, 0.1) is 25.9 Å². The Bertz CT molecular complexity index is 602. The van der Waals surface area contributed by atoms with E-state index < -0.39 is 0 Å². The number of ether oxygens (including phenoxy) is 2. The van der Waals surface area contributed by atoms with Crippen LogP contribution in [-0.4, -0.2) is 25.2 Å². The second-order valence-electron chi connectivity index (χ2n) is 3.63. The Morgan fingerprint density at radius 2 is 2.00 bits per heavy atom. The first-order valence-corrected chi connectivity index (χ1v) is 5.21. The molecule has 2 aromatic rings. The second kappa shape index (κ2) is 4.48. The zero-order valence-electron chi connectivity index (χ0n) is 10.2. The lowest BCUT2D eigenvalue weighted by molar-refractivity contribution is -0.114. The highest BCUT2D eigenvalue weighted by Crippen LogP contribution is 2.49. The highest BCUT2D eigenvalue weighted by molar-refractivity contribution is 6.03. The number of amides is 1. The Balaban J connectivity index is 2.81. The normalized spacial score (nSPS) is 10.4. The van der Waals surface area contributed by atoms with Crippen LogP contribution in [0.2, 0.25) is 0 Å². The molecule has 0 saturated heterocycles. The molecular weight excluding hydrogens is 238 g/mol. The molecule has 0 unspecified atom stereocenters. The summed E-state index contributed by atoms with van der Waals surface area (Å²) in [5.41, 5.74) is 0.525. The van der Waals surface area contributed by atoms with Crippen LogP contribution in [0.5, 0.6) is 17.2 Å². The van der Waals surface area contributed by atoms with E-state index in [1.807, 2.05) is 0 Å². The van der Waals surface area contributed by atoms with Gasteiger partial charge >= 0.3 is 0 Å². The van der Waals surface area contributed by atoms with Crippen molar-refractivity contribution in [2.45, 2.75) is 6.92 Å². The van der Waals surface area contributed by atoms with Crippen LogP contribution in [0.25, 0.3) is 11.0 Å². The standard InChI is InChI=1S/C12H13NO5/c1-6(14)13-8-9(15)7-4-5-18-10(7)12(17-3)11(8)16-2/h4-5,15H,1-3H3,(H,13,14). The SMILES string of the molecule is COc1c(NC(C)=O)c(O)c2ccoc2c1OC. The van der Waals surface area contributed by atoms with Gasteiger partial charge in [0.2, 0.25) is 11.7 Å². The first-order valence-electron chi connectivity index (χ1n) is 5.21. The molecule has 0 fully saturated rings. The molecule has 1 aromatic heterocycles. The van der Waals surface area contributed by atoms with Gasteiger partial charge < -0.3 is 24.3 Å².